The summed E-state index contributed by atoms with van der Waals surface area (Å²) in [5.41, 5.74) is 1.83. The molecule has 0 aliphatic carbocycles. The number of nitrogens with zero attached hydrogens (tertiary/aromatic N) is 2. The predicted octanol–water partition coefficient (Wildman–Crippen LogP) is 2.15. The monoisotopic (exact) mass is 365 g/mol. The van der Waals surface area contributed by atoms with Gasteiger partial charge in [-0.3, -0.25) is 0 Å². The zero-order chi connectivity index (χ0) is 15.6. The molecule has 0 radical (unpaired) electrons. The number of H-pyrrole nitrogens is 1. The van der Waals surface area contributed by atoms with E-state index < -0.39 is 15.8 Å². The van der Waals surface area contributed by atoms with Crippen molar-refractivity contribution >= 4 is 35.5 Å². The van der Waals surface area contributed by atoms with E-state index in [1.54, 1.807) is 12.1 Å². The van der Waals surface area contributed by atoms with Gasteiger partial charge >= 0.3 is 139 Å². The standard InChI is InChI=1S/C18H13AsFN3/c20-14-7-5-12(6-8-14)18-15-4-2-1-3-13(15)11-17(22-18)19-16-9-10-21-23-16/h1-11,19H,(H,21,23). The maximum atomic E-state index is 13.2. The van der Waals surface area contributed by atoms with E-state index >= 15 is 0 Å². The molecule has 2 aromatic heterocycles. The van der Waals surface area contributed by atoms with E-state index in [0.29, 0.717) is 0 Å². The Labute approximate surface area is 139 Å². The summed E-state index contributed by atoms with van der Waals surface area (Å²) in [4.78, 5) is 4.85. The molecule has 0 fully saturated rings. The molecule has 112 valence electrons. The number of hydrogen-bond acceptors (Lipinski definition) is 2. The van der Waals surface area contributed by atoms with Crippen LogP contribution in [0.2, 0.25) is 0 Å². The molecule has 4 aromatic rings. The third-order valence-corrected chi connectivity index (χ3v) is 5.81. The van der Waals surface area contributed by atoms with Gasteiger partial charge in [0, 0.05) is 0 Å². The quantitative estimate of drug-likeness (QED) is 0.566. The van der Waals surface area contributed by atoms with Crippen molar-refractivity contribution in [1.82, 2.24) is 15.2 Å². The number of fused-ring (bicyclic) bond motifs is 1. The van der Waals surface area contributed by atoms with Gasteiger partial charge in [0.25, 0.3) is 0 Å². The average molecular weight is 365 g/mol. The van der Waals surface area contributed by atoms with Crippen molar-refractivity contribution in [3.8, 4) is 11.3 Å². The molecule has 0 spiro atoms. The molecule has 0 aliphatic heterocycles. The Hall–Kier alpha value is -2.45. The van der Waals surface area contributed by atoms with Gasteiger partial charge in [0.1, 0.15) is 0 Å². The van der Waals surface area contributed by atoms with Crippen molar-refractivity contribution in [2.24, 2.45) is 0 Å². The molecule has 0 saturated carbocycles. The molecule has 2 heterocycles. The third kappa shape index (κ3) is 2.90. The number of halogens is 1. The molecule has 1 unspecified atom stereocenters. The van der Waals surface area contributed by atoms with Crippen molar-refractivity contribution in [3.05, 3.63) is 72.7 Å². The number of benzene rings is 2. The first-order valence-corrected chi connectivity index (χ1v) is 9.32. The Morgan fingerprint density at radius 1 is 0.913 bits per heavy atom. The molecular weight excluding hydrogens is 352 g/mol. The van der Waals surface area contributed by atoms with E-state index in [2.05, 4.69) is 28.4 Å². The van der Waals surface area contributed by atoms with Crippen molar-refractivity contribution in [2.75, 3.05) is 0 Å². The van der Waals surface area contributed by atoms with Crippen LogP contribution in [0, 0.1) is 5.82 Å². The van der Waals surface area contributed by atoms with Gasteiger partial charge in [0.05, 0.1) is 0 Å². The summed E-state index contributed by atoms with van der Waals surface area (Å²) in [5, 5.41) is 9.33. The predicted molar refractivity (Wildman–Crippen MR) is 92.1 cm³/mol. The second-order valence-corrected chi connectivity index (χ2v) is 7.84. The molecule has 0 bridgehead atoms. The maximum absolute atomic E-state index is 13.2. The van der Waals surface area contributed by atoms with Crippen LogP contribution in [0.25, 0.3) is 22.0 Å². The first-order chi connectivity index (χ1) is 11.3. The van der Waals surface area contributed by atoms with E-state index in [-0.39, 0.29) is 5.82 Å². The molecule has 4 rings (SSSR count). The summed E-state index contributed by atoms with van der Waals surface area (Å²) >= 11 is -0.602. The van der Waals surface area contributed by atoms with Crippen LogP contribution in [-0.4, -0.2) is 30.9 Å². The van der Waals surface area contributed by atoms with Gasteiger partial charge in [-0.05, 0) is 0 Å². The molecular formula is C18H13AsFN3. The zero-order valence-electron chi connectivity index (χ0n) is 12.1. The average Bonchev–Trinajstić information content (AvgIpc) is 3.08. The third-order valence-electron chi connectivity index (χ3n) is 3.61. The van der Waals surface area contributed by atoms with Crippen molar-refractivity contribution in [2.45, 2.75) is 0 Å². The van der Waals surface area contributed by atoms with Crippen molar-refractivity contribution < 1.29 is 4.39 Å². The van der Waals surface area contributed by atoms with Crippen LogP contribution in [-0.2, 0) is 0 Å². The van der Waals surface area contributed by atoms with Gasteiger partial charge in [-0.25, -0.2) is 0 Å². The number of rotatable bonds is 3. The Morgan fingerprint density at radius 3 is 2.52 bits per heavy atom. The molecule has 0 aliphatic rings. The summed E-state index contributed by atoms with van der Waals surface area (Å²) in [7, 11) is 0. The van der Waals surface area contributed by atoms with Crippen LogP contribution in [0.1, 0.15) is 0 Å². The SMILES string of the molecule is Fc1ccc(-c2nc([AsH]c3cc[nH]n3)cc3ccccc23)cc1. The van der Waals surface area contributed by atoms with Gasteiger partial charge in [-0.2, -0.15) is 0 Å². The fraction of sp³-hybridized carbons (Fsp3) is 0. The Balaban J connectivity index is 1.88. The number of pyridine rings is 1. The first-order valence-electron chi connectivity index (χ1n) is 7.22. The summed E-state index contributed by atoms with van der Waals surface area (Å²) in [6.07, 6.45) is 1.83. The van der Waals surface area contributed by atoms with Crippen LogP contribution in [0.3, 0.4) is 0 Å². The molecule has 1 atom stereocenters. The van der Waals surface area contributed by atoms with Gasteiger partial charge in [-0.15, -0.1) is 0 Å². The molecule has 2 aromatic carbocycles. The van der Waals surface area contributed by atoms with E-state index in [0.717, 1.165) is 31.0 Å². The fourth-order valence-corrected chi connectivity index (χ4v) is 4.53. The van der Waals surface area contributed by atoms with E-state index in [1.807, 2.05) is 24.4 Å². The van der Waals surface area contributed by atoms with Crippen molar-refractivity contribution in [3.63, 3.8) is 0 Å². The fourth-order valence-electron chi connectivity index (χ4n) is 2.55. The van der Waals surface area contributed by atoms with E-state index in [4.69, 9.17) is 4.98 Å². The second kappa shape index (κ2) is 5.98. The van der Waals surface area contributed by atoms with Gasteiger partial charge in [-0.1, -0.05) is 0 Å². The topological polar surface area (TPSA) is 41.6 Å². The molecule has 0 amide bonds. The molecule has 0 saturated heterocycles. The van der Waals surface area contributed by atoms with Crippen LogP contribution < -0.4 is 8.96 Å². The summed E-state index contributed by atoms with van der Waals surface area (Å²) in [6.45, 7) is 0. The molecule has 5 heteroatoms. The molecule has 23 heavy (non-hydrogen) atoms. The Morgan fingerprint density at radius 2 is 1.74 bits per heavy atom. The first kappa shape index (κ1) is 14.2. The number of aromatic nitrogens is 3. The molecule has 1 N–H and O–H groups in total. The van der Waals surface area contributed by atoms with Crippen LogP contribution in [0.5, 0.6) is 0 Å². The molecule has 3 nitrogen and oxygen atoms in total. The summed E-state index contributed by atoms with van der Waals surface area (Å²) < 4.78 is 15.4. The minimum absolute atomic E-state index is 0.237. The summed E-state index contributed by atoms with van der Waals surface area (Å²) in [6, 6.07) is 18.8. The number of aromatic amines is 1. The van der Waals surface area contributed by atoms with Crippen molar-refractivity contribution in [1.29, 1.82) is 0 Å². The Kier molecular flexibility index (Phi) is 3.68. The van der Waals surface area contributed by atoms with Gasteiger partial charge in [0.2, 0.25) is 0 Å². The second-order valence-electron chi connectivity index (χ2n) is 5.17. The van der Waals surface area contributed by atoms with E-state index in [1.165, 1.54) is 12.1 Å². The summed E-state index contributed by atoms with van der Waals surface area (Å²) in [5.74, 6) is -0.237. The normalized spacial score (nSPS) is 11.5. The Bertz CT molecular complexity index is 950. The van der Waals surface area contributed by atoms with Gasteiger partial charge < -0.3 is 0 Å². The van der Waals surface area contributed by atoms with Crippen LogP contribution in [0.4, 0.5) is 4.39 Å². The van der Waals surface area contributed by atoms with Crippen LogP contribution in [0.15, 0.2) is 66.9 Å². The van der Waals surface area contributed by atoms with Crippen LogP contribution >= 0.6 is 0 Å². The minimum atomic E-state index is -0.602. The number of hydrogen-bond donors (Lipinski definition) is 1. The zero-order valence-corrected chi connectivity index (χ0v) is 14.2. The van der Waals surface area contributed by atoms with Gasteiger partial charge in [0.15, 0.2) is 0 Å². The van der Waals surface area contributed by atoms with E-state index in [9.17, 15) is 4.39 Å². The number of nitrogens with one attached hydrogen (secondary N) is 1.